The summed E-state index contributed by atoms with van der Waals surface area (Å²) in [5.41, 5.74) is 3.13. The Bertz CT molecular complexity index is 998. The summed E-state index contributed by atoms with van der Waals surface area (Å²) in [5, 5.41) is 8.06. The number of aromatic nitrogens is 3. The van der Waals surface area contributed by atoms with Crippen LogP contribution in [-0.2, 0) is 13.5 Å². The van der Waals surface area contributed by atoms with E-state index < -0.39 is 0 Å². The highest BCUT2D eigenvalue weighted by Crippen LogP contribution is 2.30. The van der Waals surface area contributed by atoms with Gasteiger partial charge in [0, 0.05) is 42.2 Å². The maximum atomic E-state index is 12.6. The van der Waals surface area contributed by atoms with E-state index in [0.29, 0.717) is 17.7 Å². The standard InChI is InChI=1S/C19H20N4O2/c1-11-12(2)23-16-8-15(18(24)6-13-9-20-22(3)10-13)5-4-14(16)7-17(23)19(25)21-11/h4-5,7-12H,6H2,1-3H3,(H,21,25)/t11-,12+/m1/s1. The van der Waals surface area contributed by atoms with Crippen LogP contribution in [0.4, 0.5) is 0 Å². The third kappa shape index (κ3) is 2.54. The molecular formula is C19H20N4O2. The first-order valence-corrected chi connectivity index (χ1v) is 8.40. The van der Waals surface area contributed by atoms with Crippen molar-refractivity contribution in [1.82, 2.24) is 19.7 Å². The SMILES string of the molecule is C[C@H]1NC(=O)c2cc3ccc(C(=O)Cc4cnn(C)c4)cc3n2[C@H]1C. The van der Waals surface area contributed by atoms with Crippen LogP contribution in [0.3, 0.4) is 0 Å². The molecule has 1 amide bonds. The Hall–Kier alpha value is -2.89. The van der Waals surface area contributed by atoms with Crippen LogP contribution in [0, 0.1) is 0 Å². The Morgan fingerprint density at radius 3 is 2.80 bits per heavy atom. The van der Waals surface area contributed by atoms with Crippen LogP contribution in [-0.4, -0.2) is 32.1 Å². The third-order valence-electron chi connectivity index (χ3n) is 5.01. The Morgan fingerprint density at radius 1 is 1.28 bits per heavy atom. The molecule has 128 valence electrons. The number of Topliss-reactive ketones (excluding diaryl/α,β-unsaturated/α-hetero) is 1. The molecule has 6 nitrogen and oxygen atoms in total. The predicted molar refractivity (Wildman–Crippen MR) is 94.8 cm³/mol. The van der Waals surface area contributed by atoms with Gasteiger partial charge in [0.05, 0.1) is 12.2 Å². The second-order valence-corrected chi connectivity index (χ2v) is 6.80. The zero-order valence-electron chi connectivity index (χ0n) is 14.5. The van der Waals surface area contributed by atoms with Gasteiger partial charge in [-0.3, -0.25) is 14.3 Å². The molecule has 0 unspecified atom stereocenters. The first kappa shape index (κ1) is 15.6. The molecule has 0 aliphatic carbocycles. The Labute approximate surface area is 145 Å². The lowest BCUT2D eigenvalue weighted by Crippen LogP contribution is -2.44. The van der Waals surface area contributed by atoms with Crippen molar-refractivity contribution >= 4 is 22.6 Å². The van der Waals surface area contributed by atoms with Gasteiger partial charge in [-0.2, -0.15) is 5.10 Å². The number of carbonyl (C=O) groups is 2. The van der Waals surface area contributed by atoms with Gasteiger partial charge >= 0.3 is 0 Å². The molecule has 1 N–H and O–H groups in total. The van der Waals surface area contributed by atoms with E-state index in [2.05, 4.69) is 17.3 Å². The molecule has 3 aromatic rings. The van der Waals surface area contributed by atoms with Gasteiger partial charge in [-0.25, -0.2) is 0 Å². The number of hydrogen-bond acceptors (Lipinski definition) is 3. The van der Waals surface area contributed by atoms with Gasteiger partial charge in [-0.15, -0.1) is 0 Å². The molecule has 2 aromatic heterocycles. The second-order valence-electron chi connectivity index (χ2n) is 6.80. The predicted octanol–water partition coefficient (Wildman–Crippen LogP) is 2.49. The monoisotopic (exact) mass is 336 g/mol. The number of hydrogen-bond donors (Lipinski definition) is 1. The average Bonchev–Trinajstić information content (AvgIpc) is 3.15. The average molecular weight is 336 g/mol. The molecule has 25 heavy (non-hydrogen) atoms. The Kier molecular flexibility index (Phi) is 3.49. The van der Waals surface area contributed by atoms with Crippen LogP contribution in [0.25, 0.3) is 10.9 Å². The van der Waals surface area contributed by atoms with Crippen molar-refractivity contribution in [2.24, 2.45) is 7.05 Å². The molecule has 1 aliphatic heterocycles. The molecule has 1 aliphatic rings. The molecule has 0 fully saturated rings. The number of amides is 1. The summed E-state index contributed by atoms with van der Waals surface area (Å²) >= 11 is 0. The molecule has 2 atom stereocenters. The smallest absolute Gasteiger partial charge is 0.268 e. The van der Waals surface area contributed by atoms with E-state index in [4.69, 9.17) is 0 Å². The highest BCUT2D eigenvalue weighted by Gasteiger charge is 2.29. The minimum Gasteiger partial charge on any atom is -0.346 e. The van der Waals surface area contributed by atoms with E-state index in [-0.39, 0.29) is 23.8 Å². The van der Waals surface area contributed by atoms with E-state index in [1.54, 1.807) is 10.9 Å². The fraction of sp³-hybridized carbons (Fsp3) is 0.316. The minimum absolute atomic E-state index is 0.0466. The molecule has 6 heteroatoms. The lowest BCUT2D eigenvalue weighted by Gasteiger charge is -2.30. The summed E-state index contributed by atoms with van der Waals surface area (Å²) in [7, 11) is 1.83. The van der Waals surface area contributed by atoms with E-state index in [0.717, 1.165) is 16.5 Å². The molecule has 1 aromatic carbocycles. The van der Waals surface area contributed by atoms with Crippen LogP contribution >= 0.6 is 0 Å². The summed E-state index contributed by atoms with van der Waals surface area (Å²) in [6.07, 6.45) is 3.88. The molecule has 4 rings (SSSR count). The third-order valence-corrected chi connectivity index (χ3v) is 5.01. The summed E-state index contributed by atoms with van der Waals surface area (Å²) in [5.74, 6) is -0.0172. The largest absolute Gasteiger partial charge is 0.346 e. The van der Waals surface area contributed by atoms with Gasteiger partial charge in [0.25, 0.3) is 5.91 Å². The van der Waals surface area contributed by atoms with Gasteiger partial charge in [0.2, 0.25) is 0 Å². The van der Waals surface area contributed by atoms with Gasteiger partial charge in [0.1, 0.15) is 5.69 Å². The fourth-order valence-electron chi connectivity index (χ4n) is 3.48. The van der Waals surface area contributed by atoms with Crippen molar-refractivity contribution in [3.05, 3.63) is 53.5 Å². The molecular weight excluding hydrogens is 316 g/mol. The molecule has 0 saturated carbocycles. The first-order valence-electron chi connectivity index (χ1n) is 8.40. The molecule has 3 heterocycles. The van der Waals surface area contributed by atoms with Crippen LogP contribution in [0.5, 0.6) is 0 Å². The fourth-order valence-corrected chi connectivity index (χ4v) is 3.48. The Morgan fingerprint density at radius 2 is 2.08 bits per heavy atom. The molecule has 0 saturated heterocycles. The number of carbonyl (C=O) groups excluding carboxylic acids is 2. The van der Waals surface area contributed by atoms with Crippen LogP contribution in [0.1, 0.15) is 46.3 Å². The number of aryl methyl sites for hydroxylation is 1. The van der Waals surface area contributed by atoms with Gasteiger partial charge in [-0.05, 0) is 31.5 Å². The molecule has 0 bridgehead atoms. The topological polar surface area (TPSA) is 68.9 Å². The zero-order chi connectivity index (χ0) is 17.7. The lowest BCUT2D eigenvalue weighted by atomic mass is 10.0. The van der Waals surface area contributed by atoms with E-state index in [9.17, 15) is 9.59 Å². The molecule has 0 radical (unpaired) electrons. The summed E-state index contributed by atoms with van der Waals surface area (Å²) < 4.78 is 3.73. The maximum absolute atomic E-state index is 12.6. The Balaban J connectivity index is 1.75. The van der Waals surface area contributed by atoms with E-state index >= 15 is 0 Å². The zero-order valence-corrected chi connectivity index (χ0v) is 14.5. The number of fused-ring (bicyclic) bond motifs is 3. The van der Waals surface area contributed by atoms with Gasteiger partial charge < -0.3 is 9.88 Å². The van der Waals surface area contributed by atoms with E-state index in [1.165, 1.54) is 0 Å². The summed E-state index contributed by atoms with van der Waals surface area (Å²) in [4.78, 5) is 24.9. The van der Waals surface area contributed by atoms with Crippen LogP contribution < -0.4 is 5.32 Å². The quantitative estimate of drug-likeness (QED) is 0.747. The highest BCUT2D eigenvalue weighted by atomic mass is 16.2. The van der Waals surface area contributed by atoms with Crippen molar-refractivity contribution in [2.75, 3.05) is 0 Å². The van der Waals surface area contributed by atoms with Crippen molar-refractivity contribution in [3.8, 4) is 0 Å². The number of ketones is 1. The lowest BCUT2D eigenvalue weighted by molar-refractivity contribution is 0.0891. The van der Waals surface area contributed by atoms with Crippen molar-refractivity contribution < 1.29 is 9.59 Å². The van der Waals surface area contributed by atoms with Crippen LogP contribution in [0.15, 0.2) is 36.7 Å². The summed E-state index contributed by atoms with van der Waals surface area (Å²) in [6.45, 7) is 4.08. The maximum Gasteiger partial charge on any atom is 0.268 e. The molecule has 0 spiro atoms. The van der Waals surface area contributed by atoms with Crippen molar-refractivity contribution in [1.29, 1.82) is 0 Å². The summed E-state index contributed by atoms with van der Waals surface area (Å²) in [6, 6.07) is 7.72. The number of nitrogens with zero attached hydrogens (tertiary/aromatic N) is 3. The number of rotatable bonds is 3. The minimum atomic E-state index is -0.0648. The van der Waals surface area contributed by atoms with Gasteiger partial charge in [-0.1, -0.05) is 12.1 Å². The van der Waals surface area contributed by atoms with Crippen molar-refractivity contribution in [2.45, 2.75) is 32.4 Å². The second kappa shape index (κ2) is 5.58. The number of benzene rings is 1. The first-order chi connectivity index (χ1) is 11.9. The normalized spacial score (nSPS) is 19.7. The van der Waals surface area contributed by atoms with Crippen molar-refractivity contribution in [3.63, 3.8) is 0 Å². The van der Waals surface area contributed by atoms with Gasteiger partial charge in [0.15, 0.2) is 5.78 Å². The number of nitrogens with one attached hydrogen (secondary N) is 1. The van der Waals surface area contributed by atoms with E-state index in [1.807, 2.05) is 49.0 Å². The van der Waals surface area contributed by atoms with Crippen LogP contribution in [0.2, 0.25) is 0 Å². The highest BCUT2D eigenvalue weighted by molar-refractivity contribution is 6.03.